The Balaban J connectivity index is 1.36. The first kappa shape index (κ1) is 35.5. The van der Waals surface area contributed by atoms with Crippen LogP contribution in [0.2, 0.25) is 0 Å². The van der Waals surface area contributed by atoms with Crippen molar-refractivity contribution < 1.29 is 29.4 Å². The Morgan fingerprint density at radius 1 is 0.560 bits per heavy atom. The second-order valence-electron chi connectivity index (χ2n) is 15.4. The fraction of sp³-hybridized carbons (Fsp3) is 0.455. The van der Waals surface area contributed by atoms with E-state index < -0.39 is 0 Å². The minimum Gasteiger partial charge on any atom is -0.508 e. The molecule has 4 aliphatic carbocycles. The van der Waals surface area contributed by atoms with Gasteiger partial charge in [-0.25, -0.2) is 0 Å². The number of benzene rings is 2. The summed E-state index contributed by atoms with van der Waals surface area (Å²) in [7, 11) is 0. The second kappa shape index (κ2) is 14.9. The third-order valence-electron chi connectivity index (χ3n) is 11.5. The lowest BCUT2D eigenvalue weighted by molar-refractivity contribution is -0.127. The number of hydrogen-bond acceptors (Lipinski definition) is 6. The molecule has 0 radical (unpaired) electrons. The molecule has 6 atom stereocenters. The van der Waals surface area contributed by atoms with Crippen molar-refractivity contribution in [1.29, 1.82) is 0 Å². The molecule has 262 valence electrons. The smallest absolute Gasteiger partial charge is 0.143 e. The molecular weight excluding hydrogens is 624 g/mol. The highest BCUT2D eigenvalue weighted by Crippen LogP contribution is 2.42. The third-order valence-corrected chi connectivity index (χ3v) is 11.5. The van der Waals surface area contributed by atoms with Crippen LogP contribution in [0.4, 0.5) is 0 Å². The van der Waals surface area contributed by atoms with Crippen LogP contribution in [-0.2, 0) is 32.0 Å². The average molecular weight is 675 g/mol. The maximum atomic E-state index is 14.2. The number of hydrogen-bond donors (Lipinski definition) is 2. The van der Waals surface area contributed by atoms with E-state index in [-0.39, 0.29) is 70.1 Å². The Kier molecular flexibility index (Phi) is 10.6. The van der Waals surface area contributed by atoms with Crippen molar-refractivity contribution >= 4 is 23.1 Å². The monoisotopic (exact) mass is 674 g/mol. The number of aryl methyl sites for hydroxylation is 2. The number of aromatic hydroxyl groups is 2. The molecule has 0 spiro atoms. The fourth-order valence-electron chi connectivity index (χ4n) is 8.51. The molecular formula is C44H50O6. The van der Waals surface area contributed by atoms with Gasteiger partial charge in [0.25, 0.3) is 0 Å². The summed E-state index contributed by atoms with van der Waals surface area (Å²) in [6, 6.07) is 11.1. The van der Waals surface area contributed by atoms with Gasteiger partial charge in [0.15, 0.2) is 0 Å². The Hall–Kier alpha value is -4.32. The number of ketones is 4. The Bertz CT molecular complexity index is 1840. The zero-order valence-corrected chi connectivity index (χ0v) is 29.8. The summed E-state index contributed by atoms with van der Waals surface area (Å²) in [5.74, 6) is -0.0603. The van der Waals surface area contributed by atoms with Crippen LogP contribution in [-0.4, -0.2) is 33.3 Å². The van der Waals surface area contributed by atoms with Gasteiger partial charge in [0.2, 0.25) is 0 Å². The predicted octanol–water partition coefficient (Wildman–Crippen LogP) is 8.39. The van der Waals surface area contributed by atoms with Gasteiger partial charge in [-0.3, -0.25) is 19.2 Å². The molecule has 0 aliphatic heterocycles. The van der Waals surface area contributed by atoms with Crippen molar-refractivity contribution in [1.82, 2.24) is 0 Å². The molecule has 6 rings (SSSR count). The molecule has 0 aromatic heterocycles. The molecule has 2 aromatic rings. The topological polar surface area (TPSA) is 109 Å². The van der Waals surface area contributed by atoms with Crippen molar-refractivity contribution in [3.63, 3.8) is 0 Å². The van der Waals surface area contributed by atoms with Crippen LogP contribution in [0, 0.1) is 49.4 Å². The molecule has 0 heterocycles. The van der Waals surface area contributed by atoms with E-state index in [1.54, 1.807) is 12.1 Å². The van der Waals surface area contributed by atoms with Gasteiger partial charge in [-0.2, -0.15) is 0 Å². The van der Waals surface area contributed by atoms with Crippen molar-refractivity contribution in [3.05, 3.63) is 105 Å². The molecule has 0 bridgehead atoms. The lowest BCUT2D eigenvalue weighted by atomic mass is 9.69. The number of phenolic OH excluding ortho intramolecular Hbond substituents is 2. The molecule has 50 heavy (non-hydrogen) atoms. The zero-order valence-electron chi connectivity index (χ0n) is 29.8. The fourth-order valence-corrected chi connectivity index (χ4v) is 8.51. The molecule has 2 N–H and O–H groups in total. The van der Waals surface area contributed by atoms with Crippen LogP contribution in [0.25, 0.3) is 0 Å². The lowest BCUT2D eigenvalue weighted by Gasteiger charge is -2.34. The Morgan fingerprint density at radius 2 is 1.00 bits per heavy atom. The maximum Gasteiger partial charge on any atom is 0.143 e. The van der Waals surface area contributed by atoms with Crippen LogP contribution in [0.3, 0.4) is 0 Å². The lowest BCUT2D eigenvalue weighted by Crippen LogP contribution is -2.33. The molecule has 6 unspecified atom stereocenters. The highest BCUT2D eigenvalue weighted by molar-refractivity contribution is 5.90. The molecule has 0 amide bonds. The van der Waals surface area contributed by atoms with Crippen molar-refractivity contribution in [2.45, 2.75) is 91.9 Å². The van der Waals surface area contributed by atoms with E-state index in [1.165, 1.54) is 5.57 Å². The van der Waals surface area contributed by atoms with E-state index in [4.69, 9.17) is 0 Å². The minimum atomic E-state index is -0.348. The number of phenols is 2. The van der Waals surface area contributed by atoms with Gasteiger partial charge in [-0.15, -0.1) is 0 Å². The Labute approximate surface area is 296 Å². The number of Topliss-reactive ketones (excluding diaryl/α,β-unsaturated/α-hetero) is 4. The van der Waals surface area contributed by atoms with E-state index in [0.29, 0.717) is 64.2 Å². The van der Waals surface area contributed by atoms with Gasteiger partial charge in [-0.05, 0) is 111 Å². The molecule has 4 aliphatic rings. The normalized spacial score (nSPS) is 27.4. The first-order chi connectivity index (χ1) is 23.8. The van der Waals surface area contributed by atoms with Crippen molar-refractivity contribution in [2.75, 3.05) is 0 Å². The number of carbonyl (C=O) groups excluding carboxylic acids is 4. The van der Waals surface area contributed by atoms with E-state index >= 15 is 0 Å². The van der Waals surface area contributed by atoms with E-state index in [9.17, 15) is 29.4 Å². The molecule has 6 nitrogen and oxygen atoms in total. The molecule has 0 saturated heterocycles. The third kappa shape index (κ3) is 8.01. The van der Waals surface area contributed by atoms with Crippen LogP contribution < -0.4 is 0 Å². The number of allylic oxidation sites excluding steroid dienone is 8. The van der Waals surface area contributed by atoms with Gasteiger partial charge in [0.05, 0.1) is 0 Å². The van der Waals surface area contributed by atoms with Gasteiger partial charge >= 0.3 is 0 Å². The summed E-state index contributed by atoms with van der Waals surface area (Å²) in [5, 5.41) is 20.3. The highest BCUT2D eigenvalue weighted by Gasteiger charge is 2.38. The summed E-state index contributed by atoms with van der Waals surface area (Å²) in [5.41, 5.74) is 8.14. The molecule has 0 fully saturated rings. The van der Waals surface area contributed by atoms with E-state index in [1.807, 2.05) is 58.0 Å². The van der Waals surface area contributed by atoms with E-state index in [0.717, 1.165) is 39.0 Å². The van der Waals surface area contributed by atoms with Crippen molar-refractivity contribution in [3.8, 4) is 11.5 Å². The first-order valence-electron chi connectivity index (χ1n) is 18.3. The minimum absolute atomic E-state index is 0.132. The van der Waals surface area contributed by atoms with Crippen LogP contribution in [0.5, 0.6) is 11.5 Å². The number of rotatable bonds is 9. The average Bonchev–Trinajstić information content (AvgIpc) is 3.07. The number of carbonyl (C=O) groups is 4. The Morgan fingerprint density at radius 3 is 1.48 bits per heavy atom. The van der Waals surface area contributed by atoms with Gasteiger partial charge < -0.3 is 10.2 Å². The van der Waals surface area contributed by atoms with Crippen molar-refractivity contribution in [2.24, 2.45) is 35.5 Å². The van der Waals surface area contributed by atoms with Crippen LogP contribution in [0.15, 0.2) is 83.0 Å². The summed E-state index contributed by atoms with van der Waals surface area (Å²) in [6.07, 6.45) is 14.3. The molecule has 0 saturated carbocycles. The van der Waals surface area contributed by atoms with Gasteiger partial charge in [0.1, 0.15) is 34.6 Å². The SMILES string of the molecule is Cc1cc(CC2C=C(C3=CC(CC4=CC(C)C(=O)CC4)C(=O)C(Cc4ccc(O)c(C)c4)C3)CC(CC3=CC(C)C(=O)CC3)C2=O)ccc1O. The molecule has 6 heteroatoms. The standard InChI is InChI=1S/C44H50O6/c1-25-13-29(5-9-39(25)45)17-35-21-33(22-36(43(35)49)18-30-6-10-40(46)26(2)14-30)34-23-37(19-31-7-11-41(47)27(3)15-31)44(50)38(24-34)20-32-8-12-42(48)28(4)16-32/h5,7,9,11,13-16,21,24,26,28,35-38,45,47H,6,8,10,12,17-20,22-23H2,1-4H3. The first-order valence-corrected chi connectivity index (χ1v) is 18.3. The zero-order chi connectivity index (χ0) is 35.7. The van der Waals surface area contributed by atoms with E-state index in [2.05, 4.69) is 18.2 Å². The predicted molar refractivity (Wildman–Crippen MR) is 195 cm³/mol. The van der Waals surface area contributed by atoms with Gasteiger partial charge in [0, 0.05) is 48.3 Å². The summed E-state index contributed by atoms with van der Waals surface area (Å²) >= 11 is 0. The maximum absolute atomic E-state index is 14.2. The van der Waals surface area contributed by atoms with Crippen LogP contribution >= 0.6 is 0 Å². The second-order valence-corrected chi connectivity index (χ2v) is 15.4. The molecule has 2 aromatic carbocycles. The summed E-state index contributed by atoms with van der Waals surface area (Å²) < 4.78 is 0. The van der Waals surface area contributed by atoms with Gasteiger partial charge in [-0.1, -0.05) is 73.6 Å². The largest absolute Gasteiger partial charge is 0.508 e. The highest BCUT2D eigenvalue weighted by atomic mass is 16.3. The van der Waals surface area contributed by atoms with Crippen LogP contribution in [0.1, 0.15) is 87.5 Å². The summed E-state index contributed by atoms with van der Waals surface area (Å²) in [6.45, 7) is 7.59. The quantitative estimate of drug-likeness (QED) is 0.259. The summed E-state index contributed by atoms with van der Waals surface area (Å²) in [4.78, 5) is 53.0.